The summed E-state index contributed by atoms with van der Waals surface area (Å²) in [5, 5.41) is 2.45. The zero-order chi connectivity index (χ0) is 15.5. The second-order valence-electron chi connectivity index (χ2n) is 6.35. The summed E-state index contributed by atoms with van der Waals surface area (Å²) in [6, 6.07) is 21.3. The average Bonchev–Trinajstić information content (AvgIpc) is 3.11. The molecular weight excluding hydrogens is 282 g/mol. The van der Waals surface area contributed by atoms with Gasteiger partial charge in [-0.3, -0.25) is 0 Å². The Hall–Kier alpha value is -2.35. The Morgan fingerprint density at radius 2 is 1.61 bits per heavy atom. The van der Waals surface area contributed by atoms with Gasteiger partial charge in [-0.2, -0.15) is 4.57 Å². The molecule has 1 aliphatic rings. The first-order valence-electron chi connectivity index (χ1n) is 8.52. The molecule has 1 fully saturated rings. The zero-order valence-corrected chi connectivity index (χ0v) is 13.3. The molecule has 0 atom stereocenters. The maximum atomic E-state index is 6.45. The number of nitrogens with zero attached hydrogens (tertiary/aromatic N) is 1. The SMILES string of the molecule is c1ccc(C[n+]2ccc3ccccc3c2OC2CCCC2)cc1. The van der Waals surface area contributed by atoms with E-state index >= 15 is 0 Å². The van der Waals surface area contributed by atoms with Crippen molar-refractivity contribution in [3.8, 4) is 5.88 Å². The highest BCUT2D eigenvalue weighted by molar-refractivity contribution is 5.85. The Balaban J connectivity index is 1.75. The molecule has 1 heterocycles. The van der Waals surface area contributed by atoms with Gasteiger partial charge in [0.05, 0.1) is 5.39 Å². The van der Waals surface area contributed by atoms with Crippen LogP contribution < -0.4 is 9.30 Å². The van der Waals surface area contributed by atoms with Gasteiger partial charge in [0, 0.05) is 11.6 Å². The van der Waals surface area contributed by atoms with Gasteiger partial charge in [-0.15, -0.1) is 0 Å². The van der Waals surface area contributed by atoms with Gasteiger partial charge in [-0.1, -0.05) is 48.5 Å². The van der Waals surface area contributed by atoms with E-state index in [-0.39, 0.29) is 0 Å². The van der Waals surface area contributed by atoms with Crippen molar-refractivity contribution >= 4 is 10.8 Å². The first-order valence-corrected chi connectivity index (χ1v) is 8.52. The molecular formula is C21H22NO+. The van der Waals surface area contributed by atoms with Crippen molar-refractivity contribution in [2.24, 2.45) is 0 Å². The first-order chi connectivity index (χ1) is 11.4. The van der Waals surface area contributed by atoms with E-state index in [1.54, 1.807) is 0 Å². The maximum Gasteiger partial charge on any atom is 0.376 e. The number of pyridine rings is 1. The van der Waals surface area contributed by atoms with E-state index in [0.29, 0.717) is 6.10 Å². The highest BCUT2D eigenvalue weighted by Gasteiger charge is 2.24. The molecule has 2 heteroatoms. The molecule has 0 unspecified atom stereocenters. The number of hydrogen-bond donors (Lipinski definition) is 0. The summed E-state index contributed by atoms with van der Waals surface area (Å²) in [6.45, 7) is 0.841. The van der Waals surface area contributed by atoms with Gasteiger partial charge >= 0.3 is 5.88 Å². The van der Waals surface area contributed by atoms with Crippen LogP contribution in [-0.2, 0) is 6.54 Å². The van der Waals surface area contributed by atoms with E-state index in [0.717, 1.165) is 12.4 Å². The van der Waals surface area contributed by atoms with Crippen LogP contribution in [0, 0.1) is 0 Å². The quantitative estimate of drug-likeness (QED) is 0.647. The highest BCUT2D eigenvalue weighted by Crippen LogP contribution is 2.27. The molecule has 4 rings (SSSR count). The lowest BCUT2D eigenvalue weighted by molar-refractivity contribution is -0.692. The van der Waals surface area contributed by atoms with Gasteiger partial charge in [0.15, 0.2) is 12.7 Å². The molecule has 2 nitrogen and oxygen atoms in total. The molecule has 1 aliphatic carbocycles. The van der Waals surface area contributed by atoms with Crippen LogP contribution in [0.3, 0.4) is 0 Å². The van der Waals surface area contributed by atoms with E-state index < -0.39 is 0 Å². The molecule has 0 saturated heterocycles. The molecule has 23 heavy (non-hydrogen) atoms. The summed E-state index contributed by atoms with van der Waals surface area (Å²) in [4.78, 5) is 0. The fraction of sp³-hybridized carbons (Fsp3) is 0.286. The van der Waals surface area contributed by atoms with E-state index in [4.69, 9.17) is 4.74 Å². The van der Waals surface area contributed by atoms with Crippen LogP contribution in [0.25, 0.3) is 10.8 Å². The fourth-order valence-corrected chi connectivity index (χ4v) is 3.43. The van der Waals surface area contributed by atoms with Crippen molar-refractivity contribution in [2.45, 2.75) is 38.3 Å². The molecule has 1 aromatic heterocycles. The highest BCUT2D eigenvalue weighted by atomic mass is 16.5. The molecule has 116 valence electrons. The van der Waals surface area contributed by atoms with Crippen LogP contribution in [-0.4, -0.2) is 6.10 Å². The normalized spacial score (nSPS) is 15.1. The van der Waals surface area contributed by atoms with Crippen LogP contribution in [0.15, 0.2) is 66.9 Å². The summed E-state index contributed by atoms with van der Waals surface area (Å²) in [5.74, 6) is 1.01. The minimum absolute atomic E-state index is 0.364. The standard InChI is InChI=1S/C21H22NO/c1-2-8-17(9-3-1)16-22-15-14-18-10-4-7-13-20(18)21(22)23-19-11-5-6-12-19/h1-4,7-10,13-15,19H,5-6,11-12,16H2/q+1. The summed E-state index contributed by atoms with van der Waals surface area (Å²) < 4.78 is 8.70. The van der Waals surface area contributed by atoms with E-state index in [1.807, 2.05) is 0 Å². The topological polar surface area (TPSA) is 13.1 Å². The third-order valence-electron chi connectivity index (χ3n) is 4.66. The van der Waals surface area contributed by atoms with Crippen LogP contribution in [0.1, 0.15) is 31.2 Å². The summed E-state index contributed by atoms with van der Waals surface area (Å²) in [5.41, 5.74) is 1.30. The fourth-order valence-electron chi connectivity index (χ4n) is 3.43. The van der Waals surface area contributed by atoms with Crippen LogP contribution >= 0.6 is 0 Å². The van der Waals surface area contributed by atoms with E-state index in [2.05, 4.69) is 71.4 Å². The summed E-state index contributed by atoms with van der Waals surface area (Å²) in [7, 11) is 0. The van der Waals surface area contributed by atoms with E-state index in [9.17, 15) is 0 Å². The predicted octanol–water partition coefficient (Wildman–Crippen LogP) is 4.50. The lowest BCUT2D eigenvalue weighted by Crippen LogP contribution is -2.37. The lowest BCUT2D eigenvalue weighted by Gasteiger charge is -2.13. The Bertz CT molecular complexity index is 791. The molecule has 0 spiro atoms. The Morgan fingerprint density at radius 3 is 2.43 bits per heavy atom. The zero-order valence-electron chi connectivity index (χ0n) is 13.3. The minimum atomic E-state index is 0.364. The van der Waals surface area contributed by atoms with Crippen molar-refractivity contribution in [3.63, 3.8) is 0 Å². The average molecular weight is 304 g/mol. The third kappa shape index (κ3) is 3.07. The maximum absolute atomic E-state index is 6.45. The Morgan fingerprint density at radius 1 is 0.870 bits per heavy atom. The van der Waals surface area contributed by atoms with E-state index in [1.165, 1.54) is 42.0 Å². The monoisotopic (exact) mass is 304 g/mol. The van der Waals surface area contributed by atoms with Crippen molar-refractivity contribution in [1.82, 2.24) is 0 Å². The lowest BCUT2D eigenvalue weighted by atomic mass is 10.1. The smallest absolute Gasteiger partial charge is 0.376 e. The second-order valence-corrected chi connectivity index (χ2v) is 6.35. The number of hydrogen-bond acceptors (Lipinski definition) is 1. The van der Waals surface area contributed by atoms with Gasteiger partial charge in [-0.05, 0) is 37.1 Å². The summed E-state index contributed by atoms with van der Waals surface area (Å²) >= 11 is 0. The van der Waals surface area contributed by atoms with Crippen molar-refractivity contribution in [2.75, 3.05) is 0 Å². The molecule has 2 aromatic carbocycles. The molecule has 0 bridgehead atoms. The molecule has 0 radical (unpaired) electrons. The molecule has 0 N–H and O–H groups in total. The third-order valence-corrected chi connectivity index (χ3v) is 4.66. The number of benzene rings is 2. The van der Waals surface area contributed by atoms with Gasteiger partial charge in [-0.25, -0.2) is 0 Å². The van der Waals surface area contributed by atoms with Crippen molar-refractivity contribution in [1.29, 1.82) is 0 Å². The van der Waals surface area contributed by atoms with Crippen LogP contribution in [0.5, 0.6) is 5.88 Å². The molecule has 0 amide bonds. The van der Waals surface area contributed by atoms with Crippen LogP contribution in [0.2, 0.25) is 0 Å². The number of aromatic nitrogens is 1. The molecule has 0 aliphatic heterocycles. The molecule has 3 aromatic rings. The summed E-state index contributed by atoms with van der Waals surface area (Å²) in [6.07, 6.45) is 7.44. The van der Waals surface area contributed by atoms with Crippen LogP contribution in [0.4, 0.5) is 0 Å². The number of fused-ring (bicyclic) bond motifs is 1. The van der Waals surface area contributed by atoms with Crippen molar-refractivity contribution < 1.29 is 9.30 Å². The first kappa shape index (κ1) is 14.3. The predicted molar refractivity (Wildman–Crippen MR) is 92.6 cm³/mol. The van der Waals surface area contributed by atoms with Gasteiger partial charge < -0.3 is 4.74 Å². The van der Waals surface area contributed by atoms with Crippen molar-refractivity contribution in [3.05, 3.63) is 72.4 Å². The Kier molecular flexibility index (Phi) is 3.97. The largest absolute Gasteiger partial charge is 0.441 e. The van der Waals surface area contributed by atoms with Gasteiger partial charge in [0.2, 0.25) is 0 Å². The number of rotatable bonds is 4. The molecule has 1 saturated carbocycles. The van der Waals surface area contributed by atoms with Gasteiger partial charge in [0.1, 0.15) is 6.10 Å². The number of ether oxygens (including phenoxy) is 1. The second kappa shape index (κ2) is 6.41. The Labute approximate surface area is 137 Å². The van der Waals surface area contributed by atoms with Gasteiger partial charge in [0.25, 0.3) is 0 Å². The minimum Gasteiger partial charge on any atom is -0.441 e.